The lowest BCUT2D eigenvalue weighted by Gasteiger charge is -2.43. The quantitative estimate of drug-likeness (QED) is 0.367. The normalized spacial score (nSPS) is 21.9. The molecule has 1 aliphatic carbocycles. The zero-order valence-corrected chi connectivity index (χ0v) is 28.2. The van der Waals surface area contributed by atoms with E-state index in [1.807, 2.05) is 20.8 Å². The van der Waals surface area contributed by atoms with Gasteiger partial charge < -0.3 is 4.43 Å². The molecule has 4 rings (SSSR count). The van der Waals surface area contributed by atoms with Gasteiger partial charge in [0.1, 0.15) is 11.0 Å². The third kappa shape index (κ3) is 5.75. The first-order chi connectivity index (χ1) is 18.1. The van der Waals surface area contributed by atoms with Crippen LogP contribution in [0, 0.1) is 5.92 Å². The maximum Gasteiger partial charge on any atom is 0.261 e. The third-order valence-corrected chi connectivity index (χ3v) is 17.1. The summed E-state index contributed by atoms with van der Waals surface area (Å²) >= 11 is 0. The standard InChI is InChI=1S/C32H47NO3SSi2/c1-31(2,3)37(35)33-23-24-22-28(34)30(38(7,8)9)29(24)27(33)20-21-36-39(32(4,5)6,25-16-12-10-13-17-25)26-18-14-11-15-19-26/h10-19,24,27H,20-23H2,1-9H3/t24-,27+,37+/m0/s1. The van der Waals surface area contributed by atoms with Crippen LogP contribution in [-0.4, -0.2) is 54.6 Å². The Kier molecular flexibility index (Phi) is 8.53. The Bertz CT molecular complexity index is 1200. The molecule has 2 aromatic carbocycles. The van der Waals surface area contributed by atoms with Gasteiger partial charge in [-0.3, -0.25) is 4.79 Å². The number of rotatable bonds is 8. The number of benzene rings is 2. The van der Waals surface area contributed by atoms with Gasteiger partial charge >= 0.3 is 0 Å². The maximum absolute atomic E-state index is 13.8. The first-order valence-corrected chi connectivity index (χ1v) is 20.8. The van der Waals surface area contributed by atoms with Gasteiger partial charge in [0.25, 0.3) is 8.32 Å². The van der Waals surface area contributed by atoms with Crippen LogP contribution in [0.5, 0.6) is 0 Å². The average Bonchev–Trinajstić information content (AvgIpc) is 3.35. The Morgan fingerprint density at radius 2 is 1.41 bits per heavy atom. The molecule has 212 valence electrons. The van der Waals surface area contributed by atoms with Crippen LogP contribution in [-0.2, 0) is 20.2 Å². The summed E-state index contributed by atoms with van der Waals surface area (Å²) in [7, 11) is -5.70. The smallest absolute Gasteiger partial charge is 0.261 e. The minimum Gasteiger partial charge on any atom is -0.407 e. The van der Waals surface area contributed by atoms with Crippen molar-refractivity contribution in [3.63, 3.8) is 0 Å². The molecule has 0 N–H and O–H groups in total. The van der Waals surface area contributed by atoms with Crippen LogP contribution in [0.25, 0.3) is 0 Å². The van der Waals surface area contributed by atoms with Crippen LogP contribution in [0.15, 0.2) is 71.4 Å². The molecule has 2 aliphatic rings. The zero-order chi connectivity index (χ0) is 28.8. The lowest BCUT2D eigenvalue weighted by Crippen LogP contribution is -2.66. The van der Waals surface area contributed by atoms with Gasteiger partial charge in [-0.15, -0.1) is 0 Å². The number of allylic oxidation sites excluding steroid dienone is 1. The second-order valence-electron chi connectivity index (χ2n) is 14.2. The molecule has 0 radical (unpaired) electrons. The predicted molar refractivity (Wildman–Crippen MR) is 170 cm³/mol. The number of fused-ring (bicyclic) bond motifs is 1. The lowest BCUT2D eigenvalue weighted by molar-refractivity contribution is -0.114. The highest BCUT2D eigenvalue weighted by molar-refractivity contribution is 7.84. The van der Waals surface area contributed by atoms with E-state index in [1.165, 1.54) is 15.9 Å². The maximum atomic E-state index is 13.8. The highest BCUT2D eigenvalue weighted by atomic mass is 32.2. The molecule has 2 aromatic rings. The van der Waals surface area contributed by atoms with Crippen molar-refractivity contribution in [3.8, 4) is 0 Å². The van der Waals surface area contributed by atoms with Gasteiger partial charge in [-0.05, 0) is 53.4 Å². The van der Waals surface area contributed by atoms with E-state index in [4.69, 9.17) is 4.43 Å². The SMILES string of the molecule is CC(C)(C)[S@@](=O)N1C[C@@H]2CC(=O)C([Si](C)(C)C)=C2[C@H]1CCO[Si](c1ccccc1)(c1ccccc1)C(C)(C)C. The number of hydrogen-bond acceptors (Lipinski definition) is 3. The molecule has 1 aliphatic heterocycles. The minimum absolute atomic E-state index is 0.0264. The van der Waals surface area contributed by atoms with Crippen LogP contribution in [0.4, 0.5) is 0 Å². The zero-order valence-electron chi connectivity index (χ0n) is 25.3. The summed E-state index contributed by atoms with van der Waals surface area (Å²) in [5.41, 5.74) is 1.28. The van der Waals surface area contributed by atoms with E-state index in [0.29, 0.717) is 25.4 Å². The van der Waals surface area contributed by atoms with Crippen molar-refractivity contribution in [2.24, 2.45) is 5.92 Å². The second kappa shape index (κ2) is 11.0. The number of ketones is 1. The number of carbonyl (C=O) groups is 1. The summed E-state index contributed by atoms with van der Waals surface area (Å²) in [6.07, 6.45) is 1.30. The van der Waals surface area contributed by atoms with E-state index < -0.39 is 27.4 Å². The fourth-order valence-electron chi connectivity index (χ4n) is 6.67. The first kappa shape index (κ1) is 30.3. The molecule has 39 heavy (non-hydrogen) atoms. The molecular formula is C32H47NO3SSi2. The number of hydrogen-bond donors (Lipinski definition) is 0. The van der Waals surface area contributed by atoms with E-state index >= 15 is 0 Å². The van der Waals surface area contributed by atoms with Gasteiger partial charge in [0, 0.05) is 31.5 Å². The first-order valence-electron chi connectivity index (χ1n) is 14.3. The van der Waals surface area contributed by atoms with E-state index in [0.717, 1.165) is 11.6 Å². The summed E-state index contributed by atoms with van der Waals surface area (Å²) in [5, 5.41) is 3.52. The monoisotopic (exact) mass is 581 g/mol. The molecule has 0 saturated carbocycles. The third-order valence-electron chi connectivity index (χ3n) is 8.16. The molecule has 1 fully saturated rings. The molecule has 7 heteroatoms. The van der Waals surface area contributed by atoms with Crippen molar-refractivity contribution >= 4 is 43.5 Å². The summed E-state index contributed by atoms with van der Waals surface area (Å²) in [5.74, 6) is 0.511. The summed E-state index contributed by atoms with van der Waals surface area (Å²) in [4.78, 5) is 13.2. The van der Waals surface area contributed by atoms with Crippen LogP contribution < -0.4 is 10.4 Å². The summed E-state index contributed by atoms with van der Waals surface area (Å²) in [6, 6.07) is 21.4. The molecule has 0 amide bonds. The highest BCUT2D eigenvalue weighted by Crippen LogP contribution is 2.46. The molecule has 0 spiro atoms. The second-order valence-corrected chi connectivity index (χ2v) is 25.7. The molecule has 4 nitrogen and oxygen atoms in total. The molecule has 0 aromatic heterocycles. The van der Waals surface area contributed by atoms with Crippen LogP contribution in [0.1, 0.15) is 54.4 Å². The van der Waals surface area contributed by atoms with Crippen LogP contribution >= 0.6 is 0 Å². The largest absolute Gasteiger partial charge is 0.407 e. The van der Waals surface area contributed by atoms with Gasteiger partial charge in [-0.1, -0.05) is 101 Å². The topological polar surface area (TPSA) is 46.6 Å². The van der Waals surface area contributed by atoms with Crippen molar-refractivity contribution < 1.29 is 13.4 Å². The molecule has 1 saturated heterocycles. The van der Waals surface area contributed by atoms with Crippen molar-refractivity contribution in [3.05, 3.63) is 71.4 Å². The van der Waals surface area contributed by atoms with E-state index in [1.54, 1.807) is 0 Å². The Labute approximate surface area is 241 Å². The highest BCUT2D eigenvalue weighted by Gasteiger charge is 2.52. The van der Waals surface area contributed by atoms with Crippen LogP contribution in [0.2, 0.25) is 24.7 Å². The molecular weight excluding hydrogens is 535 g/mol. The predicted octanol–water partition coefficient (Wildman–Crippen LogP) is 5.86. The Morgan fingerprint density at radius 1 is 0.897 bits per heavy atom. The number of carbonyl (C=O) groups excluding carboxylic acids is 1. The van der Waals surface area contributed by atoms with Crippen molar-refractivity contribution in [1.82, 2.24) is 4.31 Å². The van der Waals surface area contributed by atoms with Crippen molar-refractivity contribution in [1.29, 1.82) is 0 Å². The van der Waals surface area contributed by atoms with Gasteiger partial charge in [-0.2, -0.15) is 0 Å². The van der Waals surface area contributed by atoms with E-state index in [-0.39, 0.29) is 21.7 Å². The Balaban J connectivity index is 1.76. The van der Waals surface area contributed by atoms with E-state index in [9.17, 15) is 9.00 Å². The van der Waals surface area contributed by atoms with E-state index in [2.05, 4.69) is 105 Å². The van der Waals surface area contributed by atoms with Crippen molar-refractivity contribution in [2.75, 3.05) is 13.2 Å². The molecule has 0 bridgehead atoms. The van der Waals surface area contributed by atoms with Gasteiger partial charge in [0.15, 0.2) is 5.78 Å². The fourth-order valence-corrected chi connectivity index (χ4v) is 14.9. The molecule has 3 atom stereocenters. The minimum atomic E-state index is -2.68. The van der Waals surface area contributed by atoms with Crippen LogP contribution in [0.3, 0.4) is 0 Å². The molecule has 1 heterocycles. The fraction of sp³-hybridized carbons (Fsp3) is 0.531. The average molecular weight is 582 g/mol. The lowest BCUT2D eigenvalue weighted by atomic mass is 9.99. The van der Waals surface area contributed by atoms with Gasteiger partial charge in [-0.25, -0.2) is 8.51 Å². The van der Waals surface area contributed by atoms with Gasteiger partial charge in [0.05, 0.1) is 12.8 Å². The Hall–Kier alpha value is -1.65. The van der Waals surface area contributed by atoms with Gasteiger partial charge in [0.2, 0.25) is 0 Å². The Morgan fingerprint density at radius 3 is 1.85 bits per heavy atom. The molecule has 0 unspecified atom stereocenters. The summed E-state index contributed by atoms with van der Waals surface area (Å²) < 4.78 is 22.9. The number of nitrogens with zero attached hydrogens (tertiary/aromatic N) is 1. The number of Topliss-reactive ketones (excluding diaryl/α,β-unsaturated/α-hetero) is 1. The summed E-state index contributed by atoms with van der Waals surface area (Å²) in [6.45, 7) is 21.1. The van der Waals surface area contributed by atoms with Crippen molar-refractivity contribution in [2.45, 2.75) is 89.9 Å².